The number of nitrogens with two attached hydrogens (primary N) is 3. The minimum atomic E-state index is -1.33. The van der Waals surface area contributed by atoms with Gasteiger partial charge in [-0.3, -0.25) is 14.4 Å². The van der Waals surface area contributed by atoms with E-state index in [4.69, 9.17) is 21.9 Å². The molecule has 1 aromatic rings. The molecule has 0 radical (unpaired) electrons. The molecule has 0 bridgehead atoms. The van der Waals surface area contributed by atoms with Crippen LogP contribution in [0.3, 0.4) is 0 Å². The number of nitrogen functional groups attached to an aromatic ring is 1. The van der Waals surface area contributed by atoms with Gasteiger partial charge in [0.1, 0.15) is 29.7 Å². The summed E-state index contributed by atoms with van der Waals surface area (Å²) < 4.78 is 6.38. The zero-order valence-electron chi connectivity index (χ0n) is 15.3. The molecule has 1 unspecified atom stereocenters. The maximum Gasteiger partial charge on any atom is 0.350 e. The van der Waals surface area contributed by atoms with Crippen LogP contribution in [-0.4, -0.2) is 50.9 Å². The predicted molar refractivity (Wildman–Crippen MR) is 105 cm³/mol. The molecule has 2 rings (SSSR count). The lowest BCUT2D eigenvalue weighted by atomic mass is 10.1. The number of carbonyl (C=O) groups excluding carboxylic acids is 1. The third-order valence-electron chi connectivity index (χ3n) is 4.06. The summed E-state index contributed by atoms with van der Waals surface area (Å²) in [4.78, 5) is 31.7. The minimum Gasteiger partial charge on any atom is -0.508 e. The van der Waals surface area contributed by atoms with Crippen molar-refractivity contribution in [1.29, 1.82) is 0 Å². The molecular formula is C16H24N6O5S. The van der Waals surface area contributed by atoms with Crippen molar-refractivity contribution in [2.45, 2.75) is 31.2 Å². The molecule has 0 saturated heterocycles. The van der Waals surface area contributed by atoms with E-state index in [0.29, 0.717) is 19.4 Å². The van der Waals surface area contributed by atoms with Gasteiger partial charge in [0.15, 0.2) is 5.96 Å². The van der Waals surface area contributed by atoms with Crippen LogP contribution in [0, 0.1) is 5.92 Å². The van der Waals surface area contributed by atoms with E-state index in [9.17, 15) is 19.8 Å². The molecule has 11 nitrogen and oxygen atoms in total. The maximum absolute atomic E-state index is 12.1. The molecule has 1 aliphatic rings. The summed E-state index contributed by atoms with van der Waals surface area (Å²) in [6, 6.07) is 1.41. The largest absolute Gasteiger partial charge is 0.508 e. The molecule has 0 amide bonds. The number of rotatable bonds is 8. The molecule has 28 heavy (non-hydrogen) atoms. The highest BCUT2D eigenvalue weighted by molar-refractivity contribution is 8.03. The number of nitrogens with zero attached hydrogens (tertiary/aromatic N) is 3. The first-order valence-electron chi connectivity index (χ1n) is 8.54. The molecule has 2 heterocycles. The van der Waals surface area contributed by atoms with Crippen LogP contribution in [0.5, 0.6) is 0 Å². The summed E-state index contributed by atoms with van der Waals surface area (Å²) in [6.07, 6.45) is 1.20. The zero-order chi connectivity index (χ0) is 20.8. The number of ether oxygens (including phenoxy) is 1. The highest BCUT2D eigenvalue weighted by atomic mass is 32.2. The fourth-order valence-corrected chi connectivity index (χ4v) is 3.70. The Bertz CT molecular complexity index is 835. The normalized spacial score (nSPS) is 20.1. The number of thioether (sulfide) groups is 1. The van der Waals surface area contributed by atoms with E-state index in [2.05, 4.69) is 9.98 Å². The van der Waals surface area contributed by atoms with Crippen molar-refractivity contribution in [3.05, 3.63) is 33.4 Å². The highest BCUT2D eigenvalue weighted by Gasteiger charge is 2.37. The molecule has 154 valence electrons. The van der Waals surface area contributed by atoms with Crippen molar-refractivity contribution < 1.29 is 19.7 Å². The van der Waals surface area contributed by atoms with E-state index in [-0.39, 0.29) is 35.0 Å². The van der Waals surface area contributed by atoms with Gasteiger partial charge in [0.05, 0.1) is 10.8 Å². The Morgan fingerprint density at radius 2 is 2.21 bits per heavy atom. The van der Waals surface area contributed by atoms with Crippen molar-refractivity contribution in [3.8, 4) is 0 Å². The van der Waals surface area contributed by atoms with Crippen LogP contribution in [0.4, 0.5) is 5.82 Å². The second kappa shape index (κ2) is 9.46. The molecule has 3 atom stereocenters. The summed E-state index contributed by atoms with van der Waals surface area (Å²) in [5.41, 5.74) is 15.3. The number of anilines is 1. The Morgan fingerprint density at radius 3 is 2.86 bits per heavy atom. The Morgan fingerprint density at radius 1 is 1.50 bits per heavy atom. The number of esters is 1. The van der Waals surface area contributed by atoms with Crippen LogP contribution in [-0.2, 0) is 9.53 Å². The number of aliphatic imine (C=N–C) groups is 1. The van der Waals surface area contributed by atoms with E-state index in [0.717, 1.165) is 16.3 Å². The van der Waals surface area contributed by atoms with Gasteiger partial charge in [-0.1, -0.05) is 18.7 Å². The van der Waals surface area contributed by atoms with Gasteiger partial charge in [0.25, 0.3) is 0 Å². The molecule has 0 aliphatic carbocycles. The number of hydrogen-bond acceptors (Lipinski definition) is 9. The van der Waals surface area contributed by atoms with Gasteiger partial charge in [0.2, 0.25) is 0 Å². The molecule has 0 spiro atoms. The number of carbonyl (C=O) groups is 1. The van der Waals surface area contributed by atoms with Gasteiger partial charge in [-0.2, -0.15) is 4.98 Å². The third kappa shape index (κ3) is 5.39. The second-order valence-electron chi connectivity index (χ2n) is 6.26. The second-order valence-corrected chi connectivity index (χ2v) is 7.47. The summed E-state index contributed by atoms with van der Waals surface area (Å²) in [7, 11) is 0. The third-order valence-corrected chi connectivity index (χ3v) is 5.40. The van der Waals surface area contributed by atoms with Crippen molar-refractivity contribution >= 4 is 29.5 Å². The summed E-state index contributed by atoms with van der Waals surface area (Å²) in [5.74, 6) is -1.12. The number of aliphatic hydroxyl groups is 2. The van der Waals surface area contributed by atoms with E-state index >= 15 is 0 Å². The Balaban J connectivity index is 1.91. The van der Waals surface area contributed by atoms with Gasteiger partial charge >= 0.3 is 11.7 Å². The molecule has 1 aliphatic heterocycles. The molecule has 0 fully saturated rings. The van der Waals surface area contributed by atoms with Gasteiger partial charge < -0.3 is 32.2 Å². The number of aromatic nitrogens is 2. The Labute approximate surface area is 165 Å². The molecule has 0 saturated carbocycles. The molecule has 8 N–H and O–H groups in total. The quantitative estimate of drug-likeness (QED) is 0.160. The number of hydrogen-bond donors (Lipinski definition) is 5. The minimum absolute atomic E-state index is 0.000536. The van der Waals surface area contributed by atoms with Gasteiger partial charge in [-0.05, 0) is 18.9 Å². The number of guanidine groups is 1. The lowest BCUT2D eigenvalue weighted by Crippen LogP contribution is -2.30. The van der Waals surface area contributed by atoms with Crippen molar-refractivity contribution in [2.75, 3.05) is 18.9 Å². The maximum atomic E-state index is 12.1. The van der Waals surface area contributed by atoms with Crippen LogP contribution >= 0.6 is 11.8 Å². The topological polar surface area (TPSA) is 192 Å². The molecule has 0 aromatic carbocycles. The predicted octanol–water partition coefficient (Wildman–Crippen LogP) is -0.566. The summed E-state index contributed by atoms with van der Waals surface area (Å²) >= 11 is 1.02. The SMILES string of the molecule is C[C@@H](CCCN=C(N)N)C(=O)OCC1=C(O)C(O)[C@H](n2ccc(N)nc2=O)S1. The molecule has 1 aromatic heterocycles. The smallest absolute Gasteiger partial charge is 0.350 e. The first-order chi connectivity index (χ1) is 13.2. The lowest BCUT2D eigenvalue weighted by molar-refractivity contribution is -0.147. The highest BCUT2D eigenvalue weighted by Crippen LogP contribution is 2.43. The first kappa shape index (κ1) is 21.6. The van der Waals surface area contributed by atoms with Gasteiger partial charge in [-0.25, -0.2) is 4.79 Å². The van der Waals surface area contributed by atoms with Crippen molar-refractivity contribution in [1.82, 2.24) is 9.55 Å². The molecule has 12 heteroatoms. The van der Waals surface area contributed by atoms with E-state index in [1.165, 1.54) is 12.3 Å². The zero-order valence-corrected chi connectivity index (χ0v) is 16.1. The van der Waals surface area contributed by atoms with Crippen LogP contribution < -0.4 is 22.9 Å². The molecular weight excluding hydrogens is 388 g/mol. The fraction of sp³-hybridized carbons (Fsp3) is 0.500. The average Bonchev–Trinajstić information content (AvgIpc) is 2.91. The Kier molecular flexibility index (Phi) is 7.29. The number of aliphatic hydroxyl groups excluding tert-OH is 2. The van der Waals surface area contributed by atoms with E-state index in [1.54, 1.807) is 6.92 Å². The van der Waals surface area contributed by atoms with E-state index in [1.807, 2.05) is 0 Å². The van der Waals surface area contributed by atoms with Crippen molar-refractivity contribution in [3.63, 3.8) is 0 Å². The summed E-state index contributed by atoms with van der Waals surface area (Å²) in [5, 5.41) is 19.5. The van der Waals surface area contributed by atoms with Gasteiger partial charge in [0, 0.05) is 12.7 Å². The summed E-state index contributed by atoms with van der Waals surface area (Å²) in [6.45, 7) is 1.92. The van der Waals surface area contributed by atoms with Crippen LogP contribution in [0.15, 0.2) is 32.7 Å². The first-order valence-corrected chi connectivity index (χ1v) is 9.42. The van der Waals surface area contributed by atoms with Crippen LogP contribution in [0.25, 0.3) is 0 Å². The monoisotopic (exact) mass is 412 g/mol. The van der Waals surface area contributed by atoms with E-state index < -0.39 is 23.1 Å². The lowest BCUT2D eigenvalue weighted by Gasteiger charge is -2.16. The Hall–Kier alpha value is -2.73. The van der Waals surface area contributed by atoms with Crippen molar-refractivity contribution in [2.24, 2.45) is 22.4 Å². The fourth-order valence-electron chi connectivity index (χ4n) is 2.51. The average molecular weight is 412 g/mol. The standard InChI is InChI=1S/C16H24N6O5S/c1-8(3-2-5-20-15(18)19)14(25)27-7-9-11(23)12(24)13(28-9)22-6-4-10(17)21-16(22)26/h4,6,8,12-13,23-24H,2-3,5,7H2,1H3,(H2,17,21,26)(H4,18,19,20)/t8-,12?,13+/m0/s1. The van der Waals surface area contributed by atoms with Crippen LogP contribution in [0.1, 0.15) is 25.1 Å². The van der Waals surface area contributed by atoms with Crippen LogP contribution in [0.2, 0.25) is 0 Å². The van der Waals surface area contributed by atoms with Gasteiger partial charge in [-0.15, -0.1) is 0 Å².